The third-order valence-corrected chi connectivity index (χ3v) is 4.09. The highest BCUT2D eigenvalue weighted by Crippen LogP contribution is 2.26. The van der Waals surface area contributed by atoms with Crippen molar-refractivity contribution >= 4 is 11.3 Å². The van der Waals surface area contributed by atoms with Gasteiger partial charge in [0.05, 0.1) is 5.51 Å². The molecule has 2 aromatic rings. The maximum absolute atomic E-state index is 4.13. The molecule has 5 heteroatoms. The standard InChI is InChI=1S/C12H16N4S/c1-2-10(12-3-4-14-15-12)7-16(5-1)8-11-6-13-9-17-11/h3-4,6,9-10H,1-2,5,7-8H2,(H,14,15). The highest BCUT2D eigenvalue weighted by Gasteiger charge is 2.22. The molecule has 1 unspecified atom stereocenters. The number of nitrogens with zero attached hydrogens (tertiary/aromatic N) is 3. The summed E-state index contributed by atoms with van der Waals surface area (Å²) >= 11 is 1.74. The molecule has 0 aliphatic carbocycles. The fourth-order valence-corrected chi connectivity index (χ4v) is 3.12. The summed E-state index contributed by atoms with van der Waals surface area (Å²) in [6, 6.07) is 2.10. The van der Waals surface area contributed by atoms with Crippen LogP contribution in [0.15, 0.2) is 24.0 Å². The lowest BCUT2D eigenvalue weighted by Crippen LogP contribution is -2.33. The number of nitrogens with one attached hydrogen (secondary N) is 1. The summed E-state index contributed by atoms with van der Waals surface area (Å²) < 4.78 is 0. The Morgan fingerprint density at radius 1 is 1.53 bits per heavy atom. The minimum atomic E-state index is 0.610. The smallest absolute Gasteiger partial charge is 0.0794 e. The van der Waals surface area contributed by atoms with E-state index in [1.165, 1.54) is 30.0 Å². The molecule has 17 heavy (non-hydrogen) atoms. The van der Waals surface area contributed by atoms with Crippen molar-refractivity contribution < 1.29 is 0 Å². The molecule has 3 rings (SSSR count). The van der Waals surface area contributed by atoms with Gasteiger partial charge in [-0.2, -0.15) is 5.10 Å². The molecule has 0 saturated carbocycles. The van der Waals surface area contributed by atoms with E-state index in [1.807, 2.05) is 17.9 Å². The Bertz CT molecular complexity index is 437. The number of aromatic amines is 1. The fraction of sp³-hybridized carbons (Fsp3) is 0.500. The summed E-state index contributed by atoms with van der Waals surface area (Å²) in [5, 5.41) is 7.15. The fourth-order valence-electron chi connectivity index (χ4n) is 2.49. The van der Waals surface area contributed by atoms with Gasteiger partial charge in [-0.25, -0.2) is 0 Å². The van der Waals surface area contributed by atoms with Crippen LogP contribution in [0.25, 0.3) is 0 Å². The van der Waals surface area contributed by atoms with Crippen molar-refractivity contribution in [2.24, 2.45) is 0 Å². The van der Waals surface area contributed by atoms with Gasteiger partial charge in [0.1, 0.15) is 0 Å². The Kier molecular flexibility index (Phi) is 3.20. The maximum atomic E-state index is 4.13. The molecule has 0 amide bonds. The first kappa shape index (κ1) is 10.9. The van der Waals surface area contributed by atoms with Crippen LogP contribution in [0.1, 0.15) is 29.3 Å². The molecule has 0 bridgehead atoms. The van der Waals surface area contributed by atoms with Crippen LogP contribution < -0.4 is 0 Å². The number of hydrogen-bond donors (Lipinski definition) is 1. The predicted molar refractivity (Wildman–Crippen MR) is 68.0 cm³/mol. The second-order valence-electron chi connectivity index (χ2n) is 4.55. The average Bonchev–Trinajstić information content (AvgIpc) is 3.01. The average molecular weight is 248 g/mol. The number of hydrogen-bond acceptors (Lipinski definition) is 4. The van der Waals surface area contributed by atoms with Crippen molar-refractivity contribution in [2.45, 2.75) is 25.3 Å². The van der Waals surface area contributed by atoms with Crippen LogP contribution in [0, 0.1) is 0 Å². The molecule has 1 N–H and O–H groups in total. The van der Waals surface area contributed by atoms with Crippen molar-refractivity contribution in [1.29, 1.82) is 0 Å². The van der Waals surface area contributed by atoms with Crippen LogP contribution in [-0.4, -0.2) is 33.2 Å². The maximum Gasteiger partial charge on any atom is 0.0794 e. The first-order chi connectivity index (χ1) is 8.42. The molecular weight excluding hydrogens is 232 g/mol. The highest BCUT2D eigenvalue weighted by molar-refractivity contribution is 7.09. The quantitative estimate of drug-likeness (QED) is 0.906. The van der Waals surface area contributed by atoms with Crippen LogP contribution >= 0.6 is 11.3 Å². The van der Waals surface area contributed by atoms with E-state index < -0.39 is 0 Å². The molecule has 90 valence electrons. The molecule has 0 spiro atoms. The number of piperidine rings is 1. The van der Waals surface area contributed by atoms with Crippen molar-refractivity contribution in [3.8, 4) is 0 Å². The number of aromatic nitrogens is 3. The Morgan fingerprint density at radius 2 is 2.53 bits per heavy atom. The molecule has 4 nitrogen and oxygen atoms in total. The Hall–Kier alpha value is -1.20. The van der Waals surface area contributed by atoms with Gasteiger partial charge in [0, 0.05) is 42.0 Å². The van der Waals surface area contributed by atoms with E-state index in [0.29, 0.717) is 5.92 Å². The van der Waals surface area contributed by atoms with E-state index in [4.69, 9.17) is 0 Å². The van der Waals surface area contributed by atoms with Gasteiger partial charge in [0.2, 0.25) is 0 Å². The minimum Gasteiger partial charge on any atom is -0.298 e. The molecule has 1 fully saturated rings. The van der Waals surface area contributed by atoms with E-state index in [2.05, 4.69) is 26.1 Å². The zero-order chi connectivity index (χ0) is 11.5. The van der Waals surface area contributed by atoms with E-state index in [-0.39, 0.29) is 0 Å². The molecule has 3 heterocycles. The largest absolute Gasteiger partial charge is 0.298 e. The van der Waals surface area contributed by atoms with E-state index >= 15 is 0 Å². The SMILES string of the molecule is c1cc(C2CCCN(Cc3cncs3)C2)[nH]n1. The van der Waals surface area contributed by atoms with Gasteiger partial charge in [0.25, 0.3) is 0 Å². The summed E-state index contributed by atoms with van der Waals surface area (Å²) in [5.41, 5.74) is 3.19. The van der Waals surface area contributed by atoms with Gasteiger partial charge in [-0.3, -0.25) is 15.0 Å². The van der Waals surface area contributed by atoms with E-state index in [0.717, 1.165) is 13.1 Å². The lowest BCUT2D eigenvalue weighted by atomic mass is 9.95. The van der Waals surface area contributed by atoms with Crippen LogP contribution in [0.5, 0.6) is 0 Å². The van der Waals surface area contributed by atoms with Crippen LogP contribution in [0.2, 0.25) is 0 Å². The Balaban J connectivity index is 1.64. The molecule has 1 saturated heterocycles. The first-order valence-corrected chi connectivity index (χ1v) is 6.89. The third-order valence-electron chi connectivity index (χ3n) is 3.33. The summed E-state index contributed by atoms with van der Waals surface area (Å²) in [7, 11) is 0. The van der Waals surface area contributed by atoms with Gasteiger partial charge in [0.15, 0.2) is 0 Å². The van der Waals surface area contributed by atoms with Crippen molar-refractivity contribution in [2.75, 3.05) is 13.1 Å². The Labute approximate surface area is 105 Å². The summed E-state index contributed by atoms with van der Waals surface area (Å²) in [6.07, 6.45) is 6.35. The minimum absolute atomic E-state index is 0.610. The lowest BCUT2D eigenvalue weighted by Gasteiger charge is -2.31. The van der Waals surface area contributed by atoms with Gasteiger partial charge in [-0.1, -0.05) is 0 Å². The Morgan fingerprint density at radius 3 is 3.29 bits per heavy atom. The van der Waals surface area contributed by atoms with E-state index in [1.54, 1.807) is 11.3 Å². The van der Waals surface area contributed by atoms with Crippen LogP contribution in [-0.2, 0) is 6.54 Å². The zero-order valence-corrected chi connectivity index (χ0v) is 10.5. The van der Waals surface area contributed by atoms with Crippen molar-refractivity contribution in [3.63, 3.8) is 0 Å². The van der Waals surface area contributed by atoms with Gasteiger partial charge in [-0.05, 0) is 25.5 Å². The van der Waals surface area contributed by atoms with Gasteiger partial charge in [-0.15, -0.1) is 11.3 Å². The molecule has 1 atom stereocenters. The van der Waals surface area contributed by atoms with Crippen LogP contribution in [0.4, 0.5) is 0 Å². The summed E-state index contributed by atoms with van der Waals surface area (Å²) in [4.78, 5) is 8.01. The molecule has 2 aromatic heterocycles. The number of likely N-dealkylation sites (tertiary alicyclic amines) is 1. The third kappa shape index (κ3) is 2.56. The molecule has 1 aliphatic rings. The monoisotopic (exact) mass is 248 g/mol. The van der Waals surface area contributed by atoms with E-state index in [9.17, 15) is 0 Å². The molecule has 0 radical (unpaired) electrons. The highest BCUT2D eigenvalue weighted by atomic mass is 32.1. The van der Waals surface area contributed by atoms with Gasteiger partial charge < -0.3 is 0 Å². The summed E-state index contributed by atoms with van der Waals surface area (Å²) in [6.45, 7) is 3.36. The molecule has 1 aliphatic heterocycles. The lowest BCUT2D eigenvalue weighted by molar-refractivity contribution is 0.200. The summed E-state index contributed by atoms with van der Waals surface area (Å²) in [5.74, 6) is 0.610. The predicted octanol–water partition coefficient (Wildman–Crippen LogP) is 2.25. The number of thiazole rings is 1. The second-order valence-corrected chi connectivity index (χ2v) is 5.52. The first-order valence-electron chi connectivity index (χ1n) is 6.01. The second kappa shape index (κ2) is 4.98. The topological polar surface area (TPSA) is 44.8 Å². The number of rotatable bonds is 3. The van der Waals surface area contributed by atoms with Crippen molar-refractivity contribution in [1.82, 2.24) is 20.1 Å². The normalized spacial score (nSPS) is 21.8. The van der Waals surface area contributed by atoms with Crippen molar-refractivity contribution in [3.05, 3.63) is 34.5 Å². The van der Waals surface area contributed by atoms with Crippen LogP contribution in [0.3, 0.4) is 0 Å². The van der Waals surface area contributed by atoms with Gasteiger partial charge >= 0.3 is 0 Å². The molecule has 0 aromatic carbocycles. The number of H-pyrrole nitrogens is 1. The zero-order valence-electron chi connectivity index (χ0n) is 9.67. The molecular formula is C12H16N4S.